The molecule has 1 heterocycles. The van der Waals surface area contributed by atoms with Crippen LogP contribution in [0.5, 0.6) is 0 Å². The maximum atomic E-state index is 11.9. The highest BCUT2D eigenvalue weighted by Crippen LogP contribution is 1.95. The van der Waals surface area contributed by atoms with Gasteiger partial charge in [0.25, 0.3) is 5.56 Å². The quantitative estimate of drug-likeness (QED) is 0.627. The van der Waals surface area contributed by atoms with E-state index in [1.807, 2.05) is 0 Å². The Morgan fingerprint density at radius 2 is 2.00 bits per heavy atom. The second-order valence-electron chi connectivity index (χ2n) is 4.30. The van der Waals surface area contributed by atoms with Crippen molar-refractivity contribution in [1.29, 1.82) is 0 Å². The first kappa shape index (κ1) is 14.7. The van der Waals surface area contributed by atoms with Crippen molar-refractivity contribution in [2.45, 2.75) is 26.3 Å². The van der Waals surface area contributed by atoms with Gasteiger partial charge in [-0.15, -0.1) is 0 Å². The zero-order valence-electron chi connectivity index (χ0n) is 11.0. The molecule has 0 aliphatic heterocycles. The molecule has 1 aromatic heterocycles. The summed E-state index contributed by atoms with van der Waals surface area (Å²) in [5.74, 6) is 0. The molecule has 0 aliphatic rings. The summed E-state index contributed by atoms with van der Waals surface area (Å²) >= 11 is 0. The van der Waals surface area contributed by atoms with E-state index in [4.69, 9.17) is 5.11 Å². The molecule has 0 atom stereocenters. The third kappa shape index (κ3) is 3.82. The molecule has 1 rings (SSSR count). The molecule has 102 valence electrons. The van der Waals surface area contributed by atoms with Crippen molar-refractivity contribution in [3.8, 4) is 0 Å². The number of hydrogen-bond acceptors (Lipinski definition) is 4. The SMILES string of the molecule is Cc1cc(=O)n(C)c(=O)n1CCCCNCCO. The van der Waals surface area contributed by atoms with Gasteiger partial charge in [-0.3, -0.25) is 13.9 Å². The second-order valence-corrected chi connectivity index (χ2v) is 4.30. The first-order valence-electron chi connectivity index (χ1n) is 6.17. The number of aromatic nitrogens is 2. The van der Waals surface area contributed by atoms with Crippen molar-refractivity contribution >= 4 is 0 Å². The van der Waals surface area contributed by atoms with Crippen molar-refractivity contribution in [1.82, 2.24) is 14.5 Å². The van der Waals surface area contributed by atoms with Crippen LogP contribution < -0.4 is 16.6 Å². The molecule has 18 heavy (non-hydrogen) atoms. The highest BCUT2D eigenvalue weighted by atomic mass is 16.3. The van der Waals surface area contributed by atoms with E-state index in [0.717, 1.165) is 24.0 Å². The Morgan fingerprint density at radius 1 is 1.28 bits per heavy atom. The maximum Gasteiger partial charge on any atom is 0.330 e. The van der Waals surface area contributed by atoms with Crippen LogP contribution >= 0.6 is 0 Å². The minimum Gasteiger partial charge on any atom is -0.395 e. The predicted molar refractivity (Wildman–Crippen MR) is 69.9 cm³/mol. The number of nitrogens with zero attached hydrogens (tertiary/aromatic N) is 2. The highest BCUT2D eigenvalue weighted by Gasteiger charge is 2.04. The van der Waals surface area contributed by atoms with Gasteiger partial charge in [0, 0.05) is 31.9 Å². The summed E-state index contributed by atoms with van der Waals surface area (Å²) in [5, 5.41) is 11.7. The Hall–Kier alpha value is -1.40. The highest BCUT2D eigenvalue weighted by molar-refractivity contribution is 4.99. The van der Waals surface area contributed by atoms with Gasteiger partial charge >= 0.3 is 5.69 Å². The lowest BCUT2D eigenvalue weighted by Gasteiger charge is -2.10. The van der Waals surface area contributed by atoms with Crippen LogP contribution in [-0.2, 0) is 13.6 Å². The molecule has 0 fully saturated rings. The molecule has 6 heteroatoms. The first-order valence-corrected chi connectivity index (χ1v) is 6.17. The summed E-state index contributed by atoms with van der Waals surface area (Å²) in [6.45, 7) is 3.94. The third-order valence-electron chi connectivity index (χ3n) is 2.88. The average molecular weight is 255 g/mol. The summed E-state index contributed by atoms with van der Waals surface area (Å²) in [6, 6.07) is 1.48. The van der Waals surface area contributed by atoms with Gasteiger partial charge in [0.2, 0.25) is 0 Å². The van der Waals surface area contributed by atoms with E-state index in [1.165, 1.54) is 13.1 Å². The van der Waals surface area contributed by atoms with Crippen LogP contribution in [0.1, 0.15) is 18.5 Å². The van der Waals surface area contributed by atoms with Gasteiger partial charge in [0.15, 0.2) is 0 Å². The van der Waals surface area contributed by atoms with Gasteiger partial charge in [-0.2, -0.15) is 0 Å². The van der Waals surface area contributed by atoms with E-state index in [0.29, 0.717) is 18.8 Å². The minimum atomic E-state index is -0.265. The maximum absolute atomic E-state index is 11.9. The predicted octanol–water partition coefficient (Wildman–Crippen LogP) is -0.782. The van der Waals surface area contributed by atoms with Crippen molar-refractivity contribution < 1.29 is 5.11 Å². The molecule has 0 radical (unpaired) electrons. The second kappa shape index (κ2) is 7.13. The zero-order chi connectivity index (χ0) is 13.5. The van der Waals surface area contributed by atoms with Crippen LogP contribution in [0.2, 0.25) is 0 Å². The van der Waals surface area contributed by atoms with Crippen LogP contribution in [0.25, 0.3) is 0 Å². The summed E-state index contributed by atoms with van der Waals surface area (Å²) in [6.07, 6.45) is 1.78. The lowest BCUT2D eigenvalue weighted by molar-refractivity contribution is 0.292. The fourth-order valence-electron chi connectivity index (χ4n) is 1.78. The number of aliphatic hydroxyl groups excluding tert-OH is 1. The smallest absolute Gasteiger partial charge is 0.330 e. The summed E-state index contributed by atoms with van der Waals surface area (Å²) < 4.78 is 2.74. The lowest BCUT2D eigenvalue weighted by Crippen LogP contribution is -2.38. The molecule has 0 unspecified atom stereocenters. The van der Waals surface area contributed by atoms with Crippen LogP contribution in [0.3, 0.4) is 0 Å². The number of nitrogens with one attached hydrogen (secondary N) is 1. The summed E-state index contributed by atoms with van der Waals surface area (Å²) in [5.41, 5.74) is 0.174. The van der Waals surface area contributed by atoms with Crippen molar-refractivity contribution in [2.24, 2.45) is 7.05 Å². The van der Waals surface area contributed by atoms with Crippen molar-refractivity contribution in [3.63, 3.8) is 0 Å². The number of rotatable bonds is 7. The number of hydrogen-bond donors (Lipinski definition) is 2. The summed E-state index contributed by atoms with van der Waals surface area (Å²) in [7, 11) is 1.49. The summed E-state index contributed by atoms with van der Waals surface area (Å²) in [4.78, 5) is 23.2. The number of unbranched alkanes of at least 4 members (excludes halogenated alkanes) is 1. The van der Waals surface area contributed by atoms with Gasteiger partial charge in [-0.25, -0.2) is 4.79 Å². The van der Waals surface area contributed by atoms with E-state index in [2.05, 4.69) is 5.32 Å². The number of aliphatic hydroxyl groups is 1. The molecule has 0 bridgehead atoms. The van der Waals surface area contributed by atoms with Crippen LogP contribution in [0, 0.1) is 6.92 Å². The Labute approximate surface area is 106 Å². The normalized spacial score (nSPS) is 10.8. The first-order chi connectivity index (χ1) is 8.57. The van der Waals surface area contributed by atoms with Gasteiger partial charge in [0.05, 0.1) is 6.61 Å². The van der Waals surface area contributed by atoms with E-state index in [-0.39, 0.29) is 17.9 Å². The standard InChI is InChI=1S/C12H21N3O3/c1-10-9-11(17)14(2)12(18)15(10)7-4-3-5-13-6-8-16/h9,13,16H,3-8H2,1-2H3. The number of aryl methyl sites for hydroxylation is 1. The van der Waals surface area contributed by atoms with E-state index >= 15 is 0 Å². The third-order valence-corrected chi connectivity index (χ3v) is 2.88. The van der Waals surface area contributed by atoms with Gasteiger partial charge in [0.1, 0.15) is 0 Å². The molecule has 2 N–H and O–H groups in total. The Kier molecular flexibility index (Phi) is 5.80. The van der Waals surface area contributed by atoms with E-state index in [9.17, 15) is 9.59 Å². The monoisotopic (exact) mass is 255 g/mol. The average Bonchev–Trinajstić information content (AvgIpc) is 2.34. The van der Waals surface area contributed by atoms with Crippen molar-refractivity contribution in [3.05, 3.63) is 32.6 Å². The topological polar surface area (TPSA) is 76.3 Å². The van der Waals surface area contributed by atoms with E-state index in [1.54, 1.807) is 11.5 Å². The molecule has 0 saturated heterocycles. The Morgan fingerprint density at radius 3 is 2.67 bits per heavy atom. The Balaban J connectivity index is 2.55. The lowest BCUT2D eigenvalue weighted by atomic mass is 10.3. The van der Waals surface area contributed by atoms with Gasteiger partial charge < -0.3 is 10.4 Å². The van der Waals surface area contributed by atoms with E-state index < -0.39 is 0 Å². The molecule has 1 aromatic rings. The van der Waals surface area contributed by atoms with Crippen LogP contribution in [0.15, 0.2) is 15.7 Å². The largest absolute Gasteiger partial charge is 0.395 e. The fourth-order valence-corrected chi connectivity index (χ4v) is 1.78. The van der Waals surface area contributed by atoms with Crippen LogP contribution in [-0.4, -0.2) is 33.9 Å². The van der Waals surface area contributed by atoms with Crippen molar-refractivity contribution in [2.75, 3.05) is 19.7 Å². The molecule has 0 spiro atoms. The molecule has 0 saturated carbocycles. The molecule has 0 aromatic carbocycles. The minimum absolute atomic E-state index is 0.138. The Bertz CT molecular complexity index is 490. The molecule has 0 amide bonds. The zero-order valence-corrected chi connectivity index (χ0v) is 11.0. The molecule has 6 nitrogen and oxygen atoms in total. The van der Waals surface area contributed by atoms with Gasteiger partial charge in [-0.05, 0) is 26.3 Å². The molecular formula is C12H21N3O3. The molecule has 0 aliphatic carbocycles. The van der Waals surface area contributed by atoms with Gasteiger partial charge in [-0.1, -0.05) is 0 Å². The van der Waals surface area contributed by atoms with Crippen LogP contribution in [0.4, 0.5) is 0 Å². The molecular weight excluding hydrogens is 234 g/mol. The fraction of sp³-hybridized carbons (Fsp3) is 0.667.